The number of cyclic esters (lactones) is 1. The maximum atomic E-state index is 13.1. The maximum absolute atomic E-state index is 13.1. The molecule has 0 unspecified atom stereocenters. The standard InChI is InChI=1S/C24H14Br2FNO4/c1-13-4-2-3-5-17(13)23(29)31-21-18(25)10-14(11-19(21)26)12-20-24(30)32-22(28-20)15-6-8-16(27)9-7-15/h2-12H,1H3/b20-12-. The van der Waals surface area contributed by atoms with E-state index in [1.807, 2.05) is 19.1 Å². The summed E-state index contributed by atoms with van der Waals surface area (Å²) in [4.78, 5) is 29.0. The van der Waals surface area contributed by atoms with Gasteiger partial charge in [-0.2, -0.15) is 0 Å². The number of ether oxygens (including phenoxy) is 2. The first-order chi connectivity index (χ1) is 15.3. The predicted molar refractivity (Wildman–Crippen MR) is 125 cm³/mol. The lowest BCUT2D eigenvalue weighted by Crippen LogP contribution is -2.11. The van der Waals surface area contributed by atoms with Crippen LogP contribution in [0.25, 0.3) is 6.08 Å². The fourth-order valence-corrected chi connectivity index (χ4v) is 4.38. The molecule has 1 heterocycles. The summed E-state index contributed by atoms with van der Waals surface area (Å²) in [6.45, 7) is 1.83. The highest BCUT2D eigenvalue weighted by atomic mass is 79.9. The van der Waals surface area contributed by atoms with Crippen molar-refractivity contribution in [2.75, 3.05) is 0 Å². The lowest BCUT2D eigenvalue weighted by molar-refractivity contribution is -0.129. The minimum atomic E-state index is -0.619. The molecule has 0 amide bonds. The summed E-state index contributed by atoms with van der Waals surface area (Å²) >= 11 is 6.83. The molecule has 0 saturated carbocycles. The van der Waals surface area contributed by atoms with E-state index in [0.717, 1.165) is 5.56 Å². The molecule has 0 saturated heterocycles. The number of halogens is 3. The van der Waals surface area contributed by atoms with Crippen molar-refractivity contribution in [3.8, 4) is 5.75 Å². The van der Waals surface area contributed by atoms with Gasteiger partial charge in [0.05, 0.1) is 14.5 Å². The second-order valence-corrected chi connectivity index (χ2v) is 8.57. The molecule has 0 aliphatic carbocycles. The topological polar surface area (TPSA) is 65.0 Å². The number of hydrogen-bond acceptors (Lipinski definition) is 5. The van der Waals surface area contributed by atoms with Crippen molar-refractivity contribution in [3.63, 3.8) is 0 Å². The number of nitrogens with zero attached hydrogens (tertiary/aromatic N) is 1. The molecule has 3 aromatic rings. The first kappa shape index (κ1) is 22.1. The van der Waals surface area contributed by atoms with Gasteiger partial charge in [-0.05, 0) is 98.5 Å². The Labute approximate surface area is 199 Å². The lowest BCUT2D eigenvalue weighted by atomic mass is 10.1. The summed E-state index contributed by atoms with van der Waals surface area (Å²) in [7, 11) is 0. The van der Waals surface area contributed by atoms with Crippen molar-refractivity contribution in [1.82, 2.24) is 0 Å². The minimum Gasteiger partial charge on any atom is -0.420 e. The summed E-state index contributed by atoms with van der Waals surface area (Å²) in [6, 6.07) is 16.0. The van der Waals surface area contributed by atoms with Gasteiger partial charge >= 0.3 is 11.9 Å². The van der Waals surface area contributed by atoms with Crippen LogP contribution in [0.3, 0.4) is 0 Å². The molecule has 0 spiro atoms. The van der Waals surface area contributed by atoms with Gasteiger partial charge < -0.3 is 9.47 Å². The van der Waals surface area contributed by atoms with Gasteiger partial charge in [0, 0.05) is 5.56 Å². The minimum absolute atomic E-state index is 0.0905. The fraction of sp³-hybridized carbons (Fsp3) is 0.0417. The van der Waals surface area contributed by atoms with Gasteiger partial charge in [-0.25, -0.2) is 19.0 Å². The molecule has 0 atom stereocenters. The Morgan fingerprint density at radius 2 is 1.72 bits per heavy atom. The largest absolute Gasteiger partial charge is 0.420 e. The van der Waals surface area contributed by atoms with Crippen LogP contribution in [-0.2, 0) is 9.53 Å². The van der Waals surface area contributed by atoms with Gasteiger partial charge in [-0.1, -0.05) is 18.2 Å². The summed E-state index contributed by atoms with van der Waals surface area (Å²) in [5, 5.41) is 0. The van der Waals surface area contributed by atoms with E-state index in [2.05, 4.69) is 36.9 Å². The van der Waals surface area contributed by atoms with E-state index in [0.29, 0.717) is 31.4 Å². The second-order valence-electron chi connectivity index (χ2n) is 6.86. The average molecular weight is 559 g/mol. The van der Waals surface area contributed by atoms with Crippen LogP contribution < -0.4 is 4.74 Å². The molecule has 1 aliphatic heterocycles. The Balaban J connectivity index is 1.60. The van der Waals surface area contributed by atoms with Gasteiger partial charge in [0.1, 0.15) is 5.82 Å². The van der Waals surface area contributed by atoms with Crippen LogP contribution in [0.1, 0.15) is 27.0 Å². The zero-order chi connectivity index (χ0) is 22.8. The summed E-state index contributed by atoms with van der Waals surface area (Å²) in [6.07, 6.45) is 1.54. The summed E-state index contributed by atoms with van der Waals surface area (Å²) in [5.41, 5.74) is 2.47. The molecule has 0 aromatic heterocycles. The fourth-order valence-electron chi connectivity index (χ4n) is 2.99. The van der Waals surface area contributed by atoms with Crippen molar-refractivity contribution in [2.45, 2.75) is 6.92 Å². The van der Waals surface area contributed by atoms with Gasteiger partial charge in [-0.3, -0.25) is 0 Å². The molecule has 5 nitrogen and oxygen atoms in total. The van der Waals surface area contributed by atoms with Crippen molar-refractivity contribution >= 4 is 55.8 Å². The third kappa shape index (κ3) is 4.71. The molecule has 8 heteroatoms. The van der Waals surface area contributed by atoms with Gasteiger partial charge in [0.2, 0.25) is 5.90 Å². The van der Waals surface area contributed by atoms with Crippen molar-refractivity contribution in [1.29, 1.82) is 0 Å². The molecular formula is C24H14Br2FNO4. The molecular weight excluding hydrogens is 545 g/mol. The molecule has 0 radical (unpaired) electrons. The predicted octanol–water partition coefficient (Wildman–Crippen LogP) is 6.22. The number of rotatable bonds is 4. The molecule has 0 bridgehead atoms. The van der Waals surface area contributed by atoms with Gasteiger partial charge in [0.25, 0.3) is 0 Å². The van der Waals surface area contributed by atoms with E-state index in [1.165, 1.54) is 24.3 Å². The van der Waals surface area contributed by atoms with Crippen LogP contribution in [0, 0.1) is 12.7 Å². The normalized spacial score (nSPS) is 14.3. The van der Waals surface area contributed by atoms with Gasteiger partial charge in [-0.15, -0.1) is 0 Å². The molecule has 0 fully saturated rings. The molecule has 160 valence electrons. The van der Waals surface area contributed by atoms with Crippen LogP contribution in [0.5, 0.6) is 5.75 Å². The first-order valence-electron chi connectivity index (χ1n) is 9.37. The van der Waals surface area contributed by atoms with E-state index in [-0.39, 0.29) is 11.6 Å². The van der Waals surface area contributed by atoms with E-state index in [1.54, 1.807) is 30.3 Å². The van der Waals surface area contributed by atoms with E-state index >= 15 is 0 Å². The van der Waals surface area contributed by atoms with E-state index in [9.17, 15) is 14.0 Å². The Bertz CT molecular complexity index is 1280. The SMILES string of the molecule is Cc1ccccc1C(=O)Oc1c(Br)cc(/C=C2\N=C(c3ccc(F)cc3)OC2=O)cc1Br. The number of hydrogen-bond donors (Lipinski definition) is 0. The number of benzene rings is 3. The summed E-state index contributed by atoms with van der Waals surface area (Å²) < 4.78 is 24.9. The van der Waals surface area contributed by atoms with Crippen LogP contribution >= 0.6 is 31.9 Å². The third-order valence-corrected chi connectivity index (χ3v) is 5.77. The van der Waals surface area contributed by atoms with Gasteiger partial charge in [0.15, 0.2) is 11.4 Å². The second kappa shape index (κ2) is 9.18. The quantitative estimate of drug-likeness (QED) is 0.216. The zero-order valence-corrected chi connectivity index (χ0v) is 19.7. The molecule has 0 N–H and O–H groups in total. The highest BCUT2D eigenvalue weighted by Crippen LogP contribution is 2.36. The molecule has 1 aliphatic rings. The Morgan fingerprint density at radius 1 is 1.06 bits per heavy atom. The highest BCUT2D eigenvalue weighted by Gasteiger charge is 2.24. The van der Waals surface area contributed by atoms with Crippen molar-refractivity contribution < 1.29 is 23.5 Å². The highest BCUT2D eigenvalue weighted by molar-refractivity contribution is 9.11. The van der Waals surface area contributed by atoms with Crippen molar-refractivity contribution in [3.05, 3.63) is 103 Å². The number of esters is 2. The molecule has 32 heavy (non-hydrogen) atoms. The Morgan fingerprint density at radius 3 is 2.38 bits per heavy atom. The van der Waals surface area contributed by atoms with E-state index in [4.69, 9.17) is 9.47 Å². The van der Waals surface area contributed by atoms with Crippen LogP contribution in [0.4, 0.5) is 4.39 Å². The number of aliphatic imine (C=N–C) groups is 1. The van der Waals surface area contributed by atoms with Crippen LogP contribution in [-0.4, -0.2) is 17.8 Å². The average Bonchev–Trinajstić information content (AvgIpc) is 3.11. The summed E-state index contributed by atoms with van der Waals surface area (Å²) in [5.74, 6) is -1.09. The maximum Gasteiger partial charge on any atom is 0.363 e. The number of carbonyl (C=O) groups excluding carboxylic acids is 2. The number of aryl methyl sites for hydroxylation is 1. The van der Waals surface area contributed by atoms with Crippen LogP contribution in [0.2, 0.25) is 0 Å². The molecule has 3 aromatic carbocycles. The van der Waals surface area contributed by atoms with Crippen molar-refractivity contribution in [2.24, 2.45) is 4.99 Å². The smallest absolute Gasteiger partial charge is 0.363 e. The Hall–Kier alpha value is -3.10. The first-order valence-corrected chi connectivity index (χ1v) is 11.0. The van der Waals surface area contributed by atoms with Crippen LogP contribution in [0.15, 0.2) is 80.3 Å². The molecule has 4 rings (SSSR count). The van der Waals surface area contributed by atoms with E-state index < -0.39 is 17.8 Å². The zero-order valence-electron chi connectivity index (χ0n) is 16.6. The lowest BCUT2D eigenvalue weighted by Gasteiger charge is -2.11. The monoisotopic (exact) mass is 557 g/mol. The Kier molecular flexibility index (Phi) is 6.34. The number of carbonyl (C=O) groups is 2. The third-order valence-electron chi connectivity index (χ3n) is 4.60.